The third-order valence-corrected chi connectivity index (χ3v) is 8.26. The second-order valence-corrected chi connectivity index (χ2v) is 10.3. The number of ether oxygens (including phenoxy) is 1. The zero-order valence-electron chi connectivity index (χ0n) is 17.4. The Morgan fingerprint density at radius 3 is 2.62 bits per heavy atom. The molecule has 0 unspecified atom stereocenters. The van der Waals surface area contributed by atoms with E-state index in [1.54, 1.807) is 0 Å². The van der Waals surface area contributed by atoms with Crippen LogP contribution in [0.25, 0.3) is 0 Å². The number of hydrogen-bond acceptors (Lipinski definition) is 4. The number of nitriles is 1. The maximum Gasteiger partial charge on any atom is 0.402 e. The molecule has 1 spiro atoms. The summed E-state index contributed by atoms with van der Waals surface area (Å²) in [6.07, 6.45) is -1.28. The van der Waals surface area contributed by atoms with Gasteiger partial charge in [0.15, 0.2) is 0 Å². The standard InChI is InChI=1S/C22H24F3N3O3S/c23-22(24,25)15-28-14-21(27-32(28,29)30)19-6-7-20(21)13-18-11-16(4-5-17(18)12-19)3-1-2-9-31-10-8-26/h4-5,11,19-20,27H,2,6-7,9-10,12-15H2/t19-,20+,21-/m1/s1. The summed E-state index contributed by atoms with van der Waals surface area (Å²) in [5.41, 5.74) is 2.15. The number of fused-ring (bicyclic) bond motifs is 1. The molecule has 0 amide bonds. The summed E-state index contributed by atoms with van der Waals surface area (Å²) < 4.78 is 72.3. The van der Waals surface area contributed by atoms with Crippen molar-refractivity contribution in [1.29, 1.82) is 5.26 Å². The average molecular weight is 468 g/mol. The van der Waals surface area contributed by atoms with Crippen LogP contribution in [0.4, 0.5) is 13.2 Å². The molecule has 1 N–H and O–H groups in total. The molecule has 1 heterocycles. The molecule has 3 atom stereocenters. The van der Waals surface area contributed by atoms with Gasteiger partial charge >= 0.3 is 6.18 Å². The summed E-state index contributed by atoms with van der Waals surface area (Å²) in [5.74, 6) is 5.99. The quantitative estimate of drug-likeness (QED) is 0.545. The van der Waals surface area contributed by atoms with Crippen LogP contribution < -0.4 is 4.72 Å². The first kappa shape index (κ1) is 23.1. The topological polar surface area (TPSA) is 82.4 Å². The number of nitrogens with zero attached hydrogens (tertiary/aromatic N) is 2. The SMILES string of the molecule is N#CCOCCC#Cc1ccc2c(c1)C[C@@H]1CC[C@H](C2)[C@]12CN(CC(F)(F)F)S(=O)(=O)N2. The molecule has 1 saturated heterocycles. The van der Waals surface area contributed by atoms with Crippen LogP contribution in [0.2, 0.25) is 0 Å². The third kappa shape index (κ3) is 4.65. The lowest BCUT2D eigenvalue weighted by atomic mass is 9.79. The molecule has 1 aromatic rings. The Labute approximate surface area is 185 Å². The van der Waals surface area contributed by atoms with E-state index in [9.17, 15) is 21.6 Å². The minimum atomic E-state index is -4.58. The zero-order chi connectivity index (χ0) is 23.0. The van der Waals surface area contributed by atoms with E-state index in [4.69, 9.17) is 10.00 Å². The summed E-state index contributed by atoms with van der Waals surface area (Å²) in [5, 5.41) is 8.45. The van der Waals surface area contributed by atoms with Crippen LogP contribution in [0.5, 0.6) is 0 Å². The Hall–Kier alpha value is -2.11. The Bertz CT molecular complexity index is 1090. The van der Waals surface area contributed by atoms with Crippen LogP contribution in [-0.2, 0) is 27.8 Å². The normalized spacial score (nSPS) is 28.6. The Morgan fingerprint density at radius 2 is 1.94 bits per heavy atom. The van der Waals surface area contributed by atoms with Crippen molar-refractivity contribution in [2.45, 2.75) is 43.8 Å². The molecular weight excluding hydrogens is 443 g/mol. The summed E-state index contributed by atoms with van der Waals surface area (Å²) >= 11 is 0. The number of hydrogen-bond donors (Lipinski definition) is 1. The number of rotatable bonds is 4. The van der Waals surface area contributed by atoms with Crippen molar-refractivity contribution in [2.24, 2.45) is 11.8 Å². The fourth-order valence-corrected chi connectivity index (χ4v) is 7.04. The van der Waals surface area contributed by atoms with E-state index in [0.29, 0.717) is 30.2 Å². The van der Waals surface area contributed by atoms with Crippen LogP contribution in [0, 0.1) is 35.0 Å². The second-order valence-electron chi connectivity index (χ2n) is 8.66. The van der Waals surface area contributed by atoms with Crippen LogP contribution in [0.1, 0.15) is 36.0 Å². The van der Waals surface area contributed by atoms with Gasteiger partial charge in [-0.3, -0.25) is 0 Å². The molecule has 1 aliphatic heterocycles. The molecule has 0 radical (unpaired) electrons. The third-order valence-electron chi connectivity index (χ3n) is 6.68. The molecule has 3 aliphatic rings. The molecule has 2 bridgehead atoms. The maximum atomic E-state index is 13.0. The van der Waals surface area contributed by atoms with Gasteiger partial charge in [-0.25, -0.2) is 0 Å². The Morgan fingerprint density at radius 1 is 1.22 bits per heavy atom. The van der Waals surface area contributed by atoms with E-state index in [1.165, 1.54) is 0 Å². The number of alkyl halides is 3. The van der Waals surface area contributed by atoms with Crippen LogP contribution in [0.15, 0.2) is 18.2 Å². The predicted molar refractivity (Wildman–Crippen MR) is 110 cm³/mol. The lowest BCUT2D eigenvalue weighted by molar-refractivity contribution is -0.136. The van der Waals surface area contributed by atoms with E-state index in [1.807, 2.05) is 24.3 Å². The molecule has 2 aliphatic carbocycles. The van der Waals surface area contributed by atoms with Crippen molar-refractivity contribution in [2.75, 3.05) is 26.3 Å². The number of benzene rings is 1. The van der Waals surface area contributed by atoms with E-state index in [-0.39, 0.29) is 25.0 Å². The highest BCUT2D eigenvalue weighted by molar-refractivity contribution is 7.87. The monoisotopic (exact) mass is 467 g/mol. The van der Waals surface area contributed by atoms with Crippen LogP contribution in [-0.4, -0.2) is 50.7 Å². The van der Waals surface area contributed by atoms with Gasteiger partial charge in [0.1, 0.15) is 13.2 Å². The highest BCUT2D eigenvalue weighted by atomic mass is 32.2. The molecular formula is C22H24F3N3O3S. The minimum absolute atomic E-state index is 0.0367. The fourth-order valence-electron chi connectivity index (χ4n) is 5.33. The smallest absolute Gasteiger partial charge is 0.366 e. The van der Waals surface area contributed by atoms with E-state index >= 15 is 0 Å². The Kier molecular flexibility index (Phi) is 6.25. The molecule has 1 aromatic carbocycles. The first-order chi connectivity index (χ1) is 15.1. The van der Waals surface area contributed by atoms with Gasteiger partial charge < -0.3 is 4.74 Å². The van der Waals surface area contributed by atoms with Crippen LogP contribution >= 0.6 is 0 Å². The number of halogens is 3. The lowest BCUT2D eigenvalue weighted by Gasteiger charge is -2.33. The van der Waals surface area contributed by atoms with E-state index < -0.39 is 28.5 Å². The van der Waals surface area contributed by atoms with Crippen molar-refractivity contribution < 1.29 is 26.3 Å². The molecule has 172 valence electrons. The van der Waals surface area contributed by atoms with Gasteiger partial charge in [0, 0.05) is 18.5 Å². The highest BCUT2D eigenvalue weighted by Crippen LogP contribution is 2.50. The lowest BCUT2D eigenvalue weighted by Crippen LogP contribution is -2.52. The maximum absolute atomic E-state index is 13.0. The van der Waals surface area contributed by atoms with Gasteiger partial charge in [-0.2, -0.15) is 35.9 Å². The van der Waals surface area contributed by atoms with Crippen molar-refractivity contribution in [1.82, 2.24) is 9.03 Å². The molecule has 4 rings (SSSR count). The summed E-state index contributed by atoms with van der Waals surface area (Å²) in [4.78, 5) is 0. The van der Waals surface area contributed by atoms with Crippen molar-refractivity contribution in [3.63, 3.8) is 0 Å². The first-order valence-corrected chi connectivity index (χ1v) is 12.0. The minimum Gasteiger partial charge on any atom is -0.366 e. The van der Waals surface area contributed by atoms with Gasteiger partial charge in [0.25, 0.3) is 10.2 Å². The molecule has 10 heteroatoms. The second kappa shape index (κ2) is 8.68. The van der Waals surface area contributed by atoms with Crippen LogP contribution in [0.3, 0.4) is 0 Å². The van der Waals surface area contributed by atoms with Gasteiger partial charge in [-0.05, 0) is 60.8 Å². The first-order valence-electron chi connectivity index (χ1n) is 10.5. The van der Waals surface area contributed by atoms with E-state index in [0.717, 1.165) is 29.5 Å². The van der Waals surface area contributed by atoms with Gasteiger partial charge in [-0.1, -0.05) is 17.9 Å². The highest BCUT2D eigenvalue weighted by Gasteiger charge is 2.60. The van der Waals surface area contributed by atoms with Crippen molar-refractivity contribution in [3.05, 3.63) is 34.9 Å². The van der Waals surface area contributed by atoms with Gasteiger partial charge in [0.05, 0.1) is 18.2 Å². The summed E-state index contributed by atoms with van der Waals surface area (Å²) in [6.45, 7) is -1.19. The average Bonchev–Trinajstić information content (AvgIpc) is 3.08. The zero-order valence-corrected chi connectivity index (χ0v) is 18.2. The summed E-state index contributed by atoms with van der Waals surface area (Å²) in [7, 11) is -4.18. The molecule has 2 fully saturated rings. The largest absolute Gasteiger partial charge is 0.402 e. The summed E-state index contributed by atoms with van der Waals surface area (Å²) in [6, 6.07) is 7.82. The van der Waals surface area contributed by atoms with Crippen molar-refractivity contribution in [3.8, 4) is 17.9 Å². The Balaban J connectivity index is 1.53. The van der Waals surface area contributed by atoms with Gasteiger partial charge in [0.2, 0.25) is 0 Å². The van der Waals surface area contributed by atoms with Crippen molar-refractivity contribution >= 4 is 10.2 Å². The fraction of sp³-hybridized carbons (Fsp3) is 0.591. The molecule has 0 aromatic heterocycles. The molecule has 6 nitrogen and oxygen atoms in total. The molecule has 32 heavy (non-hydrogen) atoms. The predicted octanol–water partition coefficient (Wildman–Crippen LogP) is 2.54. The van der Waals surface area contributed by atoms with Gasteiger partial charge in [-0.15, -0.1) is 0 Å². The van der Waals surface area contributed by atoms with E-state index in [2.05, 4.69) is 16.6 Å². The molecule has 1 saturated carbocycles. The number of nitrogens with one attached hydrogen (secondary N) is 1.